The lowest BCUT2D eigenvalue weighted by Gasteiger charge is -2.29. The van der Waals surface area contributed by atoms with E-state index in [4.69, 9.17) is 4.74 Å². The summed E-state index contributed by atoms with van der Waals surface area (Å²) in [5.74, 6) is 0.773. The van der Waals surface area contributed by atoms with Crippen molar-refractivity contribution in [2.75, 3.05) is 6.61 Å². The maximum atomic E-state index is 6.23. The van der Waals surface area contributed by atoms with Gasteiger partial charge in [0.1, 0.15) is 0 Å². The molecular formula is C25H33BrO. The fourth-order valence-corrected chi connectivity index (χ4v) is 4.31. The zero-order valence-electron chi connectivity index (χ0n) is 16.6. The Morgan fingerprint density at radius 3 is 2.07 bits per heavy atom. The van der Waals surface area contributed by atoms with E-state index in [0.717, 1.165) is 23.4 Å². The molecule has 27 heavy (non-hydrogen) atoms. The average molecular weight is 429 g/mol. The van der Waals surface area contributed by atoms with Crippen LogP contribution in [0.2, 0.25) is 0 Å². The van der Waals surface area contributed by atoms with E-state index in [9.17, 15) is 0 Å². The standard InChI is InChI=1S/C25H33BrO/c1-2-3-4-5-6-7-8-20-9-18-25(27-19-20)23-12-10-21(11-13-23)22-14-16-24(26)17-15-22/h10-17,20,25H,2-9,18-19H2,1H3. The van der Waals surface area contributed by atoms with E-state index in [1.54, 1.807) is 0 Å². The zero-order chi connectivity index (χ0) is 18.9. The Balaban J connectivity index is 1.42. The van der Waals surface area contributed by atoms with Crippen LogP contribution in [0.3, 0.4) is 0 Å². The summed E-state index contributed by atoms with van der Waals surface area (Å²) in [6.07, 6.45) is 12.4. The van der Waals surface area contributed by atoms with Gasteiger partial charge in [-0.15, -0.1) is 0 Å². The van der Waals surface area contributed by atoms with Crippen molar-refractivity contribution in [3.63, 3.8) is 0 Å². The summed E-state index contributed by atoms with van der Waals surface area (Å²) in [5, 5.41) is 0. The molecular weight excluding hydrogens is 396 g/mol. The lowest BCUT2D eigenvalue weighted by atomic mass is 9.90. The molecule has 0 radical (unpaired) electrons. The van der Waals surface area contributed by atoms with E-state index < -0.39 is 0 Å². The van der Waals surface area contributed by atoms with Crippen LogP contribution < -0.4 is 0 Å². The molecule has 0 aliphatic carbocycles. The Morgan fingerprint density at radius 1 is 0.815 bits per heavy atom. The van der Waals surface area contributed by atoms with Gasteiger partial charge in [-0.05, 0) is 54.0 Å². The van der Waals surface area contributed by atoms with Crippen molar-refractivity contribution in [2.24, 2.45) is 5.92 Å². The van der Waals surface area contributed by atoms with E-state index in [2.05, 4.69) is 71.4 Å². The lowest BCUT2D eigenvalue weighted by molar-refractivity contribution is -0.0199. The van der Waals surface area contributed by atoms with Crippen molar-refractivity contribution in [1.29, 1.82) is 0 Å². The molecule has 2 aromatic carbocycles. The van der Waals surface area contributed by atoms with Crippen LogP contribution in [0.15, 0.2) is 53.0 Å². The summed E-state index contributed by atoms with van der Waals surface area (Å²) in [6.45, 7) is 3.22. The molecule has 1 aliphatic rings. The first kappa shape index (κ1) is 20.6. The molecule has 0 bridgehead atoms. The Labute approximate surface area is 173 Å². The van der Waals surface area contributed by atoms with Crippen LogP contribution in [-0.2, 0) is 4.74 Å². The average Bonchev–Trinajstić information content (AvgIpc) is 2.72. The normalized spacial score (nSPS) is 19.9. The van der Waals surface area contributed by atoms with Crippen molar-refractivity contribution < 1.29 is 4.74 Å². The Kier molecular flexibility index (Phi) is 8.41. The zero-order valence-corrected chi connectivity index (χ0v) is 18.2. The fraction of sp³-hybridized carbons (Fsp3) is 0.520. The van der Waals surface area contributed by atoms with Gasteiger partial charge in [-0.3, -0.25) is 0 Å². The van der Waals surface area contributed by atoms with Crippen LogP contribution in [0, 0.1) is 5.92 Å². The number of rotatable bonds is 9. The van der Waals surface area contributed by atoms with Gasteiger partial charge in [0, 0.05) is 4.47 Å². The maximum absolute atomic E-state index is 6.23. The van der Waals surface area contributed by atoms with E-state index in [0.29, 0.717) is 0 Å². The Hall–Kier alpha value is -1.12. The molecule has 1 heterocycles. The molecule has 2 unspecified atom stereocenters. The third-order valence-electron chi connectivity index (χ3n) is 5.80. The lowest BCUT2D eigenvalue weighted by Crippen LogP contribution is -2.20. The number of benzene rings is 2. The summed E-state index contributed by atoms with van der Waals surface area (Å²) in [7, 11) is 0. The van der Waals surface area contributed by atoms with Crippen LogP contribution in [0.25, 0.3) is 11.1 Å². The first-order chi connectivity index (χ1) is 13.3. The summed E-state index contributed by atoms with van der Waals surface area (Å²) in [4.78, 5) is 0. The Morgan fingerprint density at radius 2 is 1.44 bits per heavy atom. The molecule has 1 nitrogen and oxygen atoms in total. The molecule has 0 spiro atoms. The van der Waals surface area contributed by atoms with Gasteiger partial charge in [0.05, 0.1) is 12.7 Å². The number of unbranched alkanes of at least 4 members (excludes halogenated alkanes) is 5. The highest BCUT2D eigenvalue weighted by atomic mass is 79.9. The molecule has 2 aromatic rings. The molecule has 1 aliphatic heterocycles. The summed E-state index contributed by atoms with van der Waals surface area (Å²) in [6, 6.07) is 17.4. The second-order valence-corrected chi connectivity index (χ2v) is 8.87. The third-order valence-corrected chi connectivity index (χ3v) is 6.32. The quantitative estimate of drug-likeness (QED) is 0.364. The molecule has 0 aromatic heterocycles. The molecule has 2 heteroatoms. The van der Waals surface area contributed by atoms with Gasteiger partial charge in [-0.1, -0.05) is 97.8 Å². The van der Waals surface area contributed by atoms with Gasteiger partial charge in [0.15, 0.2) is 0 Å². The van der Waals surface area contributed by atoms with Crippen LogP contribution in [0.4, 0.5) is 0 Å². The predicted molar refractivity (Wildman–Crippen MR) is 119 cm³/mol. The number of halogens is 1. The van der Waals surface area contributed by atoms with Crippen molar-refractivity contribution >= 4 is 15.9 Å². The smallest absolute Gasteiger partial charge is 0.0825 e. The maximum Gasteiger partial charge on any atom is 0.0825 e. The molecule has 3 rings (SSSR count). The third kappa shape index (κ3) is 6.47. The fourth-order valence-electron chi connectivity index (χ4n) is 4.04. The van der Waals surface area contributed by atoms with Crippen LogP contribution in [-0.4, -0.2) is 6.61 Å². The molecule has 0 N–H and O–H groups in total. The monoisotopic (exact) mass is 428 g/mol. The van der Waals surface area contributed by atoms with E-state index >= 15 is 0 Å². The van der Waals surface area contributed by atoms with Crippen LogP contribution >= 0.6 is 15.9 Å². The van der Waals surface area contributed by atoms with E-state index in [1.807, 2.05) is 0 Å². The summed E-state index contributed by atoms with van der Waals surface area (Å²) in [5.41, 5.74) is 3.85. The Bertz CT molecular complexity index is 654. The van der Waals surface area contributed by atoms with Gasteiger partial charge >= 0.3 is 0 Å². The number of hydrogen-bond donors (Lipinski definition) is 0. The molecule has 0 amide bonds. The van der Waals surface area contributed by atoms with Crippen LogP contribution in [0.5, 0.6) is 0 Å². The largest absolute Gasteiger partial charge is 0.373 e. The second-order valence-electron chi connectivity index (χ2n) is 7.95. The molecule has 1 saturated heterocycles. The molecule has 1 fully saturated rings. The SMILES string of the molecule is CCCCCCCCC1CCC(c2ccc(-c3ccc(Br)cc3)cc2)OC1. The highest BCUT2D eigenvalue weighted by Gasteiger charge is 2.22. The predicted octanol–water partition coefficient (Wildman–Crippen LogP) is 8.33. The van der Waals surface area contributed by atoms with E-state index in [-0.39, 0.29) is 6.10 Å². The van der Waals surface area contributed by atoms with Crippen molar-refractivity contribution in [2.45, 2.75) is 70.8 Å². The second kappa shape index (κ2) is 11.0. The first-order valence-corrected chi connectivity index (χ1v) is 11.5. The van der Waals surface area contributed by atoms with E-state index in [1.165, 1.54) is 68.1 Å². The van der Waals surface area contributed by atoms with Gasteiger partial charge in [0.2, 0.25) is 0 Å². The minimum absolute atomic E-state index is 0.282. The van der Waals surface area contributed by atoms with Gasteiger partial charge in [0.25, 0.3) is 0 Å². The molecule has 0 saturated carbocycles. The van der Waals surface area contributed by atoms with Crippen molar-refractivity contribution in [3.8, 4) is 11.1 Å². The minimum atomic E-state index is 0.282. The molecule has 2 atom stereocenters. The highest BCUT2D eigenvalue weighted by Crippen LogP contribution is 2.33. The number of hydrogen-bond acceptors (Lipinski definition) is 1. The number of ether oxygens (including phenoxy) is 1. The summed E-state index contributed by atoms with van der Waals surface area (Å²) < 4.78 is 7.35. The molecule has 146 valence electrons. The van der Waals surface area contributed by atoms with Gasteiger partial charge in [-0.25, -0.2) is 0 Å². The topological polar surface area (TPSA) is 9.23 Å². The van der Waals surface area contributed by atoms with Gasteiger partial charge in [-0.2, -0.15) is 0 Å². The van der Waals surface area contributed by atoms with Crippen molar-refractivity contribution in [3.05, 3.63) is 58.6 Å². The van der Waals surface area contributed by atoms with Gasteiger partial charge < -0.3 is 4.74 Å². The highest BCUT2D eigenvalue weighted by molar-refractivity contribution is 9.10. The van der Waals surface area contributed by atoms with Crippen LogP contribution in [0.1, 0.15) is 76.4 Å². The summed E-state index contributed by atoms with van der Waals surface area (Å²) >= 11 is 3.50. The first-order valence-electron chi connectivity index (χ1n) is 10.7. The minimum Gasteiger partial charge on any atom is -0.373 e. The van der Waals surface area contributed by atoms with Crippen molar-refractivity contribution in [1.82, 2.24) is 0 Å².